The zero-order valence-electron chi connectivity index (χ0n) is 18.9. The summed E-state index contributed by atoms with van der Waals surface area (Å²) >= 11 is 0. The molecule has 10 heteroatoms. The highest BCUT2D eigenvalue weighted by molar-refractivity contribution is 6.09. The molecule has 1 aliphatic rings. The maximum Gasteiger partial charge on any atom is 0.325 e. The van der Waals surface area contributed by atoms with Crippen molar-refractivity contribution in [2.75, 3.05) is 27.9 Å². The highest BCUT2D eigenvalue weighted by atomic mass is 19.1. The van der Waals surface area contributed by atoms with Gasteiger partial charge in [-0.1, -0.05) is 19.1 Å². The molecule has 3 rings (SSSR count). The Kier molecular flexibility index (Phi) is 7.05. The first-order valence-corrected chi connectivity index (χ1v) is 10.2. The summed E-state index contributed by atoms with van der Waals surface area (Å²) in [5, 5.41) is 5.35. The summed E-state index contributed by atoms with van der Waals surface area (Å²) in [5.74, 6) is -0.261. The number of urea groups is 1. The number of methoxy groups -OCH3 is 3. The van der Waals surface area contributed by atoms with Crippen LogP contribution in [0.3, 0.4) is 0 Å². The highest BCUT2D eigenvalue weighted by Gasteiger charge is 2.51. The lowest BCUT2D eigenvalue weighted by Gasteiger charge is -2.25. The zero-order valence-corrected chi connectivity index (χ0v) is 18.9. The normalized spacial score (nSPS) is 17.5. The minimum Gasteiger partial charge on any atom is -0.493 e. The molecule has 0 saturated carbocycles. The Morgan fingerprint density at radius 2 is 1.67 bits per heavy atom. The number of nitrogens with zero attached hydrogens (tertiary/aromatic N) is 1. The van der Waals surface area contributed by atoms with E-state index in [2.05, 4.69) is 10.6 Å². The number of hydrogen-bond acceptors (Lipinski definition) is 6. The van der Waals surface area contributed by atoms with Crippen LogP contribution in [0, 0.1) is 5.82 Å². The number of carbonyl (C=O) groups excluding carboxylic acids is 3. The van der Waals surface area contributed by atoms with Crippen LogP contribution in [0.25, 0.3) is 0 Å². The van der Waals surface area contributed by atoms with Crippen molar-refractivity contribution in [3.8, 4) is 17.2 Å². The van der Waals surface area contributed by atoms with Gasteiger partial charge in [-0.3, -0.25) is 14.5 Å². The second-order valence-corrected chi connectivity index (χ2v) is 7.40. The van der Waals surface area contributed by atoms with E-state index in [0.29, 0.717) is 28.4 Å². The molecule has 0 bridgehead atoms. The highest BCUT2D eigenvalue weighted by Crippen LogP contribution is 2.38. The van der Waals surface area contributed by atoms with Crippen molar-refractivity contribution < 1.29 is 33.0 Å². The van der Waals surface area contributed by atoms with Gasteiger partial charge in [0.1, 0.15) is 17.9 Å². The number of ether oxygens (including phenoxy) is 3. The van der Waals surface area contributed by atoms with E-state index in [0.717, 1.165) is 4.90 Å². The van der Waals surface area contributed by atoms with E-state index in [4.69, 9.17) is 14.2 Å². The van der Waals surface area contributed by atoms with Crippen molar-refractivity contribution in [1.82, 2.24) is 15.5 Å². The monoisotopic (exact) mass is 459 g/mol. The number of amides is 4. The molecule has 0 radical (unpaired) electrons. The molecule has 2 aromatic rings. The number of benzene rings is 2. The molecular formula is C23H26FN3O6. The standard InChI is InChI=1S/C23H26FN3O6/c1-5-23(15-6-8-16(24)9-7-15)21(29)27(22(30)26-23)13-19(28)25-12-14-10-17(31-2)20(33-4)18(11-14)32-3/h6-11H,5,12-13H2,1-4H3,(H,25,28)(H,26,30). The third-order valence-electron chi connectivity index (χ3n) is 5.56. The molecule has 0 aliphatic carbocycles. The lowest BCUT2D eigenvalue weighted by Crippen LogP contribution is -2.44. The average molecular weight is 459 g/mol. The number of hydrogen-bond donors (Lipinski definition) is 2. The molecule has 33 heavy (non-hydrogen) atoms. The molecule has 1 atom stereocenters. The van der Waals surface area contributed by atoms with Gasteiger partial charge in [-0.15, -0.1) is 0 Å². The fourth-order valence-corrected chi connectivity index (χ4v) is 3.78. The van der Waals surface area contributed by atoms with Gasteiger partial charge in [-0.05, 0) is 41.8 Å². The van der Waals surface area contributed by atoms with Gasteiger partial charge < -0.3 is 24.8 Å². The van der Waals surface area contributed by atoms with Crippen LogP contribution in [0.5, 0.6) is 17.2 Å². The Morgan fingerprint density at radius 1 is 1.06 bits per heavy atom. The van der Waals surface area contributed by atoms with Crippen LogP contribution in [0.4, 0.5) is 9.18 Å². The topological polar surface area (TPSA) is 106 Å². The van der Waals surface area contributed by atoms with Gasteiger partial charge in [0.25, 0.3) is 5.91 Å². The molecule has 9 nitrogen and oxygen atoms in total. The van der Waals surface area contributed by atoms with Crippen molar-refractivity contribution in [3.63, 3.8) is 0 Å². The number of rotatable bonds is 9. The van der Waals surface area contributed by atoms with Crippen LogP contribution in [0.2, 0.25) is 0 Å². The molecular weight excluding hydrogens is 433 g/mol. The summed E-state index contributed by atoms with van der Waals surface area (Å²) < 4.78 is 29.2. The molecule has 2 N–H and O–H groups in total. The van der Waals surface area contributed by atoms with Gasteiger partial charge in [0.15, 0.2) is 11.5 Å². The lowest BCUT2D eigenvalue weighted by molar-refractivity contribution is -0.135. The number of nitrogens with one attached hydrogen (secondary N) is 2. The molecule has 1 heterocycles. The van der Waals surface area contributed by atoms with Gasteiger partial charge in [0.2, 0.25) is 11.7 Å². The molecule has 176 valence electrons. The Morgan fingerprint density at radius 3 is 2.18 bits per heavy atom. The summed E-state index contributed by atoms with van der Waals surface area (Å²) in [4.78, 5) is 39.1. The van der Waals surface area contributed by atoms with Crippen LogP contribution < -0.4 is 24.8 Å². The summed E-state index contributed by atoms with van der Waals surface area (Å²) in [6, 6.07) is 8.03. The van der Waals surface area contributed by atoms with Gasteiger partial charge in [-0.25, -0.2) is 9.18 Å². The summed E-state index contributed by atoms with van der Waals surface area (Å²) in [6.07, 6.45) is 0.243. The number of imide groups is 1. The number of halogens is 1. The average Bonchev–Trinajstić information content (AvgIpc) is 3.07. The van der Waals surface area contributed by atoms with Crippen LogP contribution >= 0.6 is 0 Å². The summed E-state index contributed by atoms with van der Waals surface area (Å²) in [7, 11) is 4.46. The van der Waals surface area contributed by atoms with Crippen molar-refractivity contribution in [2.45, 2.75) is 25.4 Å². The van der Waals surface area contributed by atoms with Crippen molar-refractivity contribution in [2.24, 2.45) is 0 Å². The van der Waals surface area contributed by atoms with Crippen LogP contribution in [0.15, 0.2) is 36.4 Å². The van der Waals surface area contributed by atoms with E-state index in [9.17, 15) is 18.8 Å². The fraction of sp³-hybridized carbons (Fsp3) is 0.348. The van der Waals surface area contributed by atoms with Crippen molar-refractivity contribution >= 4 is 17.8 Å². The molecule has 1 saturated heterocycles. The quantitative estimate of drug-likeness (QED) is 0.558. The molecule has 0 aromatic heterocycles. The van der Waals surface area contributed by atoms with Crippen LogP contribution in [0.1, 0.15) is 24.5 Å². The minimum atomic E-state index is -1.35. The van der Waals surface area contributed by atoms with E-state index in [1.54, 1.807) is 19.1 Å². The first-order valence-electron chi connectivity index (χ1n) is 10.2. The van der Waals surface area contributed by atoms with E-state index < -0.39 is 35.7 Å². The molecule has 0 spiro atoms. The largest absolute Gasteiger partial charge is 0.493 e. The lowest BCUT2D eigenvalue weighted by atomic mass is 9.87. The smallest absolute Gasteiger partial charge is 0.325 e. The Balaban J connectivity index is 1.71. The Hall–Kier alpha value is -3.82. The van der Waals surface area contributed by atoms with Gasteiger partial charge in [0.05, 0.1) is 21.3 Å². The first-order chi connectivity index (χ1) is 15.8. The predicted molar refractivity (Wildman–Crippen MR) is 117 cm³/mol. The van der Waals surface area contributed by atoms with E-state index >= 15 is 0 Å². The molecule has 1 unspecified atom stereocenters. The van der Waals surface area contributed by atoms with Gasteiger partial charge in [-0.2, -0.15) is 0 Å². The maximum absolute atomic E-state index is 13.3. The van der Waals surface area contributed by atoms with E-state index in [1.807, 2.05) is 0 Å². The summed E-state index contributed by atoms with van der Waals surface area (Å²) in [6.45, 7) is 1.38. The third kappa shape index (κ3) is 4.55. The van der Waals surface area contributed by atoms with Crippen LogP contribution in [-0.2, 0) is 21.7 Å². The second kappa shape index (κ2) is 9.76. The van der Waals surface area contributed by atoms with E-state index in [1.165, 1.54) is 45.6 Å². The van der Waals surface area contributed by atoms with E-state index in [-0.39, 0.29) is 13.0 Å². The Bertz CT molecular complexity index is 1030. The second-order valence-electron chi connectivity index (χ2n) is 7.40. The summed E-state index contributed by atoms with van der Waals surface area (Å²) in [5.41, 5.74) is -0.226. The number of carbonyl (C=O) groups is 3. The SMILES string of the molecule is CCC1(c2ccc(F)cc2)NC(=O)N(CC(=O)NCc2cc(OC)c(OC)c(OC)c2)C1=O. The fourth-order valence-electron chi connectivity index (χ4n) is 3.78. The third-order valence-corrected chi connectivity index (χ3v) is 5.56. The Labute approximate surface area is 190 Å². The molecule has 4 amide bonds. The molecule has 1 fully saturated rings. The zero-order chi connectivity index (χ0) is 24.2. The minimum absolute atomic E-state index is 0.107. The predicted octanol–water partition coefficient (Wildman–Crippen LogP) is 2.33. The van der Waals surface area contributed by atoms with Gasteiger partial charge >= 0.3 is 6.03 Å². The van der Waals surface area contributed by atoms with Gasteiger partial charge in [0, 0.05) is 6.54 Å². The maximum atomic E-state index is 13.3. The van der Waals surface area contributed by atoms with Crippen molar-refractivity contribution in [3.05, 3.63) is 53.3 Å². The van der Waals surface area contributed by atoms with Crippen LogP contribution in [-0.4, -0.2) is 50.6 Å². The molecule has 1 aliphatic heterocycles. The first kappa shape index (κ1) is 23.8. The van der Waals surface area contributed by atoms with Crippen molar-refractivity contribution in [1.29, 1.82) is 0 Å². The molecule has 2 aromatic carbocycles.